The summed E-state index contributed by atoms with van der Waals surface area (Å²) in [5.74, 6) is 0.327. The van der Waals surface area contributed by atoms with E-state index < -0.39 is 0 Å². The van der Waals surface area contributed by atoms with Crippen LogP contribution in [-0.4, -0.2) is 5.11 Å². The fraction of sp³-hybridized carbons (Fsp3) is 0.500. The summed E-state index contributed by atoms with van der Waals surface area (Å²) in [7, 11) is 0. The first-order valence-corrected chi connectivity index (χ1v) is 5.20. The third-order valence-electron chi connectivity index (χ3n) is 2.45. The molecule has 0 spiro atoms. The number of phenolic OH excluding ortho intramolecular Hbond substituents is 1. The highest BCUT2D eigenvalue weighted by molar-refractivity contribution is 5.85. The van der Waals surface area contributed by atoms with Gasteiger partial charge < -0.3 is 10.8 Å². The Balaban J connectivity index is 0.00000196. The minimum absolute atomic E-state index is 0. The topological polar surface area (TPSA) is 46.2 Å². The lowest BCUT2D eigenvalue weighted by atomic mass is 10.00. The zero-order chi connectivity index (χ0) is 10.6. The van der Waals surface area contributed by atoms with Crippen molar-refractivity contribution in [2.45, 2.75) is 39.2 Å². The molecule has 1 aromatic rings. The van der Waals surface area contributed by atoms with E-state index in [0.717, 1.165) is 30.4 Å². The van der Waals surface area contributed by atoms with Crippen LogP contribution in [0.25, 0.3) is 0 Å². The lowest BCUT2D eigenvalue weighted by molar-refractivity contribution is 0.456. The van der Waals surface area contributed by atoms with E-state index in [9.17, 15) is 5.11 Å². The quantitative estimate of drug-likeness (QED) is 0.832. The van der Waals surface area contributed by atoms with Gasteiger partial charge in [-0.3, -0.25) is 0 Å². The van der Waals surface area contributed by atoms with Crippen LogP contribution in [0.2, 0.25) is 0 Å². The van der Waals surface area contributed by atoms with Crippen molar-refractivity contribution in [3.05, 3.63) is 29.3 Å². The highest BCUT2D eigenvalue weighted by Crippen LogP contribution is 2.26. The Morgan fingerprint density at radius 1 is 1.40 bits per heavy atom. The Morgan fingerprint density at radius 2 is 2.07 bits per heavy atom. The molecule has 0 aliphatic carbocycles. The standard InChI is InChI=1S/C12H19NO.ClH/c1-3-4-5-11(13)10-7-6-9(2)8-12(10)14;/h6-8,11,14H,3-5,13H2,1-2H3;1H/t11-;/m1./s1. The van der Waals surface area contributed by atoms with Gasteiger partial charge in [0.25, 0.3) is 0 Å². The van der Waals surface area contributed by atoms with Crippen molar-refractivity contribution in [3.63, 3.8) is 0 Å². The van der Waals surface area contributed by atoms with Gasteiger partial charge in [0.1, 0.15) is 5.75 Å². The van der Waals surface area contributed by atoms with E-state index in [0.29, 0.717) is 5.75 Å². The van der Waals surface area contributed by atoms with E-state index in [1.165, 1.54) is 0 Å². The van der Waals surface area contributed by atoms with Crippen LogP contribution in [0.15, 0.2) is 18.2 Å². The molecule has 0 heterocycles. The number of rotatable bonds is 4. The van der Waals surface area contributed by atoms with Gasteiger partial charge in [-0.1, -0.05) is 31.9 Å². The number of aryl methyl sites for hydroxylation is 1. The molecule has 0 saturated heterocycles. The maximum atomic E-state index is 9.68. The number of nitrogens with two attached hydrogens (primary N) is 1. The lowest BCUT2D eigenvalue weighted by Crippen LogP contribution is -2.10. The van der Waals surface area contributed by atoms with Gasteiger partial charge in [0, 0.05) is 11.6 Å². The number of hydrogen-bond acceptors (Lipinski definition) is 2. The van der Waals surface area contributed by atoms with E-state index in [-0.39, 0.29) is 18.4 Å². The molecular formula is C12H20ClNO. The summed E-state index contributed by atoms with van der Waals surface area (Å²) in [6.45, 7) is 4.10. The summed E-state index contributed by atoms with van der Waals surface area (Å²) in [5.41, 5.74) is 7.90. The first kappa shape index (κ1) is 14.3. The largest absolute Gasteiger partial charge is 0.508 e. The molecule has 1 atom stereocenters. The number of hydrogen-bond donors (Lipinski definition) is 2. The van der Waals surface area contributed by atoms with E-state index in [2.05, 4.69) is 6.92 Å². The first-order chi connectivity index (χ1) is 6.65. The Labute approximate surface area is 97.9 Å². The average molecular weight is 230 g/mol. The maximum absolute atomic E-state index is 9.68. The number of benzene rings is 1. The minimum Gasteiger partial charge on any atom is -0.508 e. The molecule has 0 aliphatic rings. The predicted molar refractivity (Wildman–Crippen MR) is 66.5 cm³/mol. The molecule has 0 saturated carbocycles. The number of phenols is 1. The smallest absolute Gasteiger partial charge is 0.120 e. The molecule has 0 bridgehead atoms. The Bertz CT molecular complexity index is 302. The lowest BCUT2D eigenvalue weighted by Gasteiger charge is -2.13. The molecule has 3 N–H and O–H groups in total. The third kappa shape index (κ3) is 4.10. The molecule has 15 heavy (non-hydrogen) atoms. The average Bonchev–Trinajstić information content (AvgIpc) is 2.14. The molecule has 0 amide bonds. The van der Waals surface area contributed by atoms with Crippen LogP contribution in [0.5, 0.6) is 5.75 Å². The fourth-order valence-electron chi connectivity index (χ4n) is 1.55. The van der Waals surface area contributed by atoms with Gasteiger partial charge in [-0.2, -0.15) is 0 Å². The Morgan fingerprint density at radius 3 is 2.60 bits per heavy atom. The van der Waals surface area contributed by atoms with Crippen molar-refractivity contribution >= 4 is 12.4 Å². The summed E-state index contributed by atoms with van der Waals surface area (Å²) in [6, 6.07) is 5.64. The molecule has 0 radical (unpaired) electrons. The van der Waals surface area contributed by atoms with E-state index in [4.69, 9.17) is 5.73 Å². The van der Waals surface area contributed by atoms with E-state index in [1.807, 2.05) is 19.1 Å². The van der Waals surface area contributed by atoms with Crippen molar-refractivity contribution in [2.75, 3.05) is 0 Å². The third-order valence-corrected chi connectivity index (χ3v) is 2.45. The molecule has 3 heteroatoms. The van der Waals surface area contributed by atoms with Gasteiger partial charge in [0.15, 0.2) is 0 Å². The second-order valence-corrected chi connectivity index (χ2v) is 3.81. The fourth-order valence-corrected chi connectivity index (χ4v) is 1.55. The molecular weight excluding hydrogens is 210 g/mol. The van der Waals surface area contributed by atoms with Crippen LogP contribution in [-0.2, 0) is 0 Å². The molecule has 0 aromatic heterocycles. The molecule has 0 fully saturated rings. The minimum atomic E-state index is -0.0319. The van der Waals surface area contributed by atoms with Crippen molar-refractivity contribution in [1.82, 2.24) is 0 Å². The van der Waals surface area contributed by atoms with Crippen molar-refractivity contribution in [2.24, 2.45) is 5.73 Å². The van der Waals surface area contributed by atoms with E-state index >= 15 is 0 Å². The number of aromatic hydroxyl groups is 1. The van der Waals surface area contributed by atoms with Gasteiger partial charge in [0.2, 0.25) is 0 Å². The van der Waals surface area contributed by atoms with Crippen LogP contribution in [0.3, 0.4) is 0 Å². The van der Waals surface area contributed by atoms with Crippen molar-refractivity contribution in [3.8, 4) is 5.75 Å². The maximum Gasteiger partial charge on any atom is 0.120 e. The Kier molecular flexibility index (Phi) is 6.37. The van der Waals surface area contributed by atoms with Gasteiger partial charge in [-0.15, -0.1) is 12.4 Å². The van der Waals surface area contributed by atoms with Crippen molar-refractivity contribution < 1.29 is 5.11 Å². The summed E-state index contributed by atoms with van der Waals surface area (Å²) in [5, 5.41) is 9.68. The molecule has 1 aromatic carbocycles. The summed E-state index contributed by atoms with van der Waals surface area (Å²) in [4.78, 5) is 0. The van der Waals surface area contributed by atoms with Gasteiger partial charge in [-0.25, -0.2) is 0 Å². The zero-order valence-electron chi connectivity index (χ0n) is 9.36. The van der Waals surface area contributed by atoms with Crippen LogP contribution in [0.1, 0.15) is 43.4 Å². The molecule has 1 rings (SSSR count). The monoisotopic (exact) mass is 229 g/mol. The summed E-state index contributed by atoms with van der Waals surface area (Å²) in [6.07, 6.45) is 3.18. The predicted octanol–water partition coefficient (Wildman–Crippen LogP) is 3.31. The van der Waals surface area contributed by atoms with E-state index in [1.54, 1.807) is 6.07 Å². The molecule has 0 unspecified atom stereocenters. The second kappa shape index (κ2) is 6.70. The van der Waals surface area contributed by atoms with Crippen LogP contribution in [0, 0.1) is 6.92 Å². The summed E-state index contributed by atoms with van der Waals surface area (Å²) < 4.78 is 0. The molecule has 86 valence electrons. The number of unbranched alkanes of at least 4 members (excludes halogenated alkanes) is 1. The first-order valence-electron chi connectivity index (χ1n) is 5.20. The van der Waals surface area contributed by atoms with Crippen LogP contribution in [0.4, 0.5) is 0 Å². The Hall–Kier alpha value is -0.730. The number of halogens is 1. The highest BCUT2D eigenvalue weighted by Gasteiger charge is 2.09. The second-order valence-electron chi connectivity index (χ2n) is 3.81. The van der Waals surface area contributed by atoms with Crippen LogP contribution < -0.4 is 5.73 Å². The van der Waals surface area contributed by atoms with Gasteiger partial charge in [-0.05, 0) is 25.0 Å². The van der Waals surface area contributed by atoms with Gasteiger partial charge in [0.05, 0.1) is 0 Å². The summed E-state index contributed by atoms with van der Waals surface area (Å²) >= 11 is 0. The van der Waals surface area contributed by atoms with Gasteiger partial charge >= 0.3 is 0 Å². The molecule has 2 nitrogen and oxygen atoms in total. The van der Waals surface area contributed by atoms with Crippen LogP contribution >= 0.6 is 12.4 Å². The SMILES string of the molecule is CCCC[C@@H](N)c1ccc(C)cc1O.Cl. The molecule has 0 aliphatic heterocycles. The zero-order valence-corrected chi connectivity index (χ0v) is 10.2. The highest BCUT2D eigenvalue weighted by atomic mass is 35.5. The normalized spacial score (nSPS) is 11.9. The van der Waals surface area contributed by atoms with Crippen molar-refractivity contribution in [1.29, 1.82) is 0 Å².